The minimum absolute atomic E-state index is 0. The Hall–Kier alpha value is -0.190. The number of carboxylic acids is 2. The largest absolute Gasteiger partial charge is 1.00 e. The van der Waals surface area contributed by atoms with Gasteiger partial charge in [-0.2, -0.15) is 8.42 Å². The SMILES string of the molecule is CCCCCCCCCCCCOCCCCCCCCCCCC.O=C([O-])CC(C(=O)[O-])S(=O)(=O)O.[Na+]. The van der Waals surface area contributed by atoms with Crippen LogP contribution in [0.25, 0.3) is 0 Å². The predicted octanol–water partition coefficient (Wildman–Crippen LogP) is 1.98. The zero-order valence-electron chi connectivity index (χ0n) is 24.6. The summed E-state index contributed by atoms with van der Waals surface area (Å²) in [5, 5.41) is 17.3. The third kappa shape index (κ3) is 33.8. The maximum atomic E-state index is 10.2. The number of carbonyl (C=O) groups is 2. The van der Waals surface area contributed by atoms with Gasteiger partial charge in [-0.1, -0.05) is 129 Å². The average Bonchev–Trinajstić information content (AvgIpc) is 2.83. The van der Waals surface area contributed by atoms with Crippen molar-refractivity contribution in [2.45, 2.75) is 154 Å². The van der Waals surface area contributed by atoms with Crippen molar-refractivity contribution in [1.29, 1.82) is 0 Å². The molecule has 0 aliphatic heterocycles. The van der Waals surface area contributed by atoms with Crippen molar-refractivity contribution in [2.24, 2.45) is 0 Å². The summed E-state index contributed by atoms with van der Waals surface area (Å²) in [5.41, 5.74) is 0. The molecule has 0 heterocycles. The van der Waals surface area contributed by atoms with Crippen molar-refractivity contribution < 1.29 is 67.1 Å². The average molecular weight is 574 g/mol. The zero-order chi connectivity index (χ0) is 28.2. The Labute approximate surface area is 255 Å². The van der Waals surface area contributed by atoms with Crippen LogP contribution in [0.1, 0.15) is 149 Å². The van der Waals surface area contributed by atoms with Gasteiger partial charge in [-0.05, 0) is 12.8 Å². The Bertz CT molecular complexity index is 606. The maximum Gasteiger partial charge on any atom is 1.00 e. The van der Waals surface area contributed by atoms with E-state index in [-0.39, 0.29) is 29.6 Å². The van der Waals surface area contributed by atoms with Crippen LogP contribution in [0, 0.1) is 0 Å². The van der Waals surface area contributed by atoms with Gasteiger partial charge in [-0.25, -0.2) is 0 Å². The molecule has 0 saturated heterocycles. The van der Waals surface area contributed by atoms with Crippen LogP contribution in [0.4, 0.5) is 0 Å². The van der Waals surface area contributed by atoms with E-state index in [0.29, 0.717) is 0 Å². The standard InChI is InChI=1S/C24H50O.C4H6O7S.Na/c1-3-5-7-9-11-13-15-17-19-21-23-25-24-22-20-18-16-14-12-10-8-6-4-2;5-3(6)1-2(4(7)8)12(9,10)11;/h3-24H2,1-2H3;2H,1H2,(H,5,6)(H,7,8)(H,9,10,11);/q;;+1/p-2. The fourth-order valence-corrected chi connectivity index (χ4v) is 4.54. The fourth-order valence-electron chi connectivity index (χ4n) is 3.95. The molecular weight excluding hydrogens is 519 g/mol. The number of hydrogen-bond donors (Lipinski definition) is 1. The predicted molar refractivity (Wildman–Crippen MR) is 144 cm³/mol. The minimum atomic E-state index is -4.94. The molecule has 1 N–H and O–H groups in total. The Morgan fingerprint density at radius 2 is 0.921 bits per heavy atom. The second kappa shape index (κ2) is 31.3. The van der Waals surface area contributed by atoms with Crippen LogP contribution >= 0.6 is 0 Å². The third-order valence-corrected chi connectivity index (χ3v) is 7.34. The van der Waals surface area contributed by atoms with Gasteiger partial charge in [-0.15, -0.1) is 0 Å². The van der Waals surface area contributed by atoms with Crippen LogP contribution in [-0.2, 0) is 24.4 Å². The first-order chi connectivity index (χ1) is 17.7. The Morgan fingerprint density at radius 1 is 0.632 bits per heavy atom. The quantitative estimate of drug-likeness (QED) is 0.0940. The summed E-state index contributed by atoms with van der Waals surface area (Å²) in [5.74, 6) is -4.08. The number of unbranched alkanes of at least 4 members (excludes halogenated alkanes) is 18. The zero-order valence-corrected chi connectivity index (χ0v) is 27.4. The van der Waals surface area contributed by atoms with Gasteiger partial charge in [0.25, 0.3) is 10.1 Å². The van der Waals surface area contributed by atoms with Crippen LogP contribution < -0.4 is 39.8 Å². The van der Waals surface area contributed by atoms with E-state index in [1.54, 1.807) is 0 Å². The van der Waals surface area contributed by atoms with Gasteiger partial charge in [0.05, 0.1) is 5.97 Å². The topological polar surface area (TPSA) is 144 Å². The van der Waals surface area contributed by atoms with Gasteiger partial charge in [0, 0.05) is 25.6 Å². The first-order valence-electron chi connectivity index (χ1n) is 14.6. The van der Waals surface area contributed by atoms with E-state index >= 15 is 0 Å². The molecule has 0 aromatic heterocycles. The molecule has 38 heavy (non-hydrogen) atoms. The van der Waals surface area contributed by atoms with Crippen LogP contribution in [0.3, 0.4) is 0 Å². The molecule has 0 bridgehead atoms. The molecule has 0 aromatic rings. The van der Waals surface area contributed by atoms with Crippen molar-refractivity contribution in [2.75, 3.05) is 13.2 Å². The van der Waals surface area contributed by atoms with Gasteiger partial charge < -0.3 is 24.5 Å². The second-order valence-electron chi connectivity index (χ2n) is 9.88. The Kier molecular flexibility index (Phi) is 34.9. The van der Waals surface area contributed by atoms with Crippen molar-refractivity contribution in [3.8, 4) is 0 Å². The number of hydrogen-bond acceptors (Lipinski definition) is 7. The summed E-state index contributed by atoms with van der Waals surface area (Å²) in [7, 11) is -4.94. The number of ether oxygens (including phenoxy) is 1. The van der Waals surface area contributed by atoms with Crippen molar-refractivity contribution in [3.05, 3.63) is 0 Å². The normalized spacial score (nSPS) is 11.8. The first kappa shape index (κ1) is 42.3. The molecule has 0 radical (unpaired) electrons. The molecule has 0 aromatic carbocycles. The molecule has 0 amide bonds. The van der Waals surface area contributed by atoms with Crippen molar-refractivity contribution >= 4 is 22.1 Å². The molecule has 1 atom stereocenters. The van der Waals surface area contributed by atoms with Crippen molar-refractivity contribution in [1.82, 2.24) is 0 Å². The Morgan fingerprint density at radius 3 is 1.13 bits per heavy atom. The monoisotopic (exact) mass is 573 g/mol. The molecular formula is C28H54NaO8S-. The molecule has 0 aliphatic carbocycles. The molecule has 0 fully saturated rings. The van der Waals surface area contributed by atoms with E-state index in [1.165, 1.54) is 128 Å². The van der Waals surface area contributed by atoms with E-state index in [1.807, 2.05) is 0 Å². The molecule has 0 rings (SSSR count). The van der Waals surface area contributed by atoms with E-state index < -0.39 is 33.7 Å². The molecule has 0 spiro atoms. The van der Waals surface area contributed by atoms with E-state index in [4.69, 9.17) is 9.29 Å². The second-order valence-corrected chi connectivity index (χ2v) is 11.5. The summed E-state index contributed by atoms with van der Waals surface area (Å²) in [6.07, 6.45) is 26.8. The maximum absolute atomic E-state index is 10.2. The molecule has 0 saturated carbocycles. The summed E-state index contributed by atoms with van der Waals surface area (Å²) in [4.78, 5) is 19.7. The van der Waals surface area contributed by atoms with E-state index in [2.05, 4.69) is 13.8 Å². The van der Waals surface area contributed by atoms with Gasteiger partial charge in [0.2, 0.25) is 0 Å². The number of rotatable bonds is 26. The summed E-state index contributed by atoms with van der Waals surface area (Å²) < 4.78 is 34.2. The summed E-state index contributed by atoms with van der Waals surface area (Å²) >= 11 is 0. The number of carboxylic acid groups (broad SMARTS) is 2. The van der Waals surface area contributed by atoms with Crippen LogP contribution in [0.2, 0.25) is 0 Å². The van der Waals surface area contributed by atoms with Gasteiger partial charge in [0.1, 0.15) is 5.25 Å². The Balaban J connectivity index is -0.000000794. The summed E-state index contributed by atoms with van der Waals surface area (Å²) in [6, 6.07) is 0. The minimum Gasteiger partial charge on any atom is -0.550 e. The van der Waals surface area contributed by atoms with Crippen LogP contribution in [0.15, 0.2) is 0 Å². The van der Waals surface area contributed by atoms with E-state index in [9.17, 15) is 28.2 Å². The molecule has 8 nitrogen and oxygen atoms in total. The number of carbonyl (C=O) groups excluding carboxylic acids is 2. The van der Waals surface area contributed by atoms with Gasteiger partial charge in [0.15, 0.2) is 0 Å². The fraction of sp³-hybridized carbons (Fsp3) is 0.929. The van der Waals surface area contributed by atoms with E-state index in [0.717, 1.165) is 13.2 Å². The molecule has 0 aliphatic rings. The summed E-state index contributed by atoms with van der Waals surface area (Å²) in [6.45, 7) is 6.57. The van der Waals surface area contributed by atoms with Crippen molar-refractivity contribution in [3.63, 3.8) is 0 Å². The number of aliphatic carboxylic acids is 2. The molecule has 1 unspecified atom stereocenters. The first-order valence-corrected chi connectivity index (χ1v) is 16.1. The smallest absolute Gasteiger partial charge is 0.550 e. The van der Waals surface area contributed by atoms with Gasteiger partial charge in [-0.3, -0.25) is 4.55 Å². The van der Waals surface area contributed by atoms with Crippen LogP contribution in [0.5, 0.6) is 0 Å². The molecule has 10 heteroatoms. The molecule has 222 valence electrons. The van der Waals surface area contributed by atoms with Crippen LogP contribution in [-0.4, -0.2) is 43.4 Å². The van der Waals surface area contributed by atoms with Gasteiger partial charge >= 0.3 is 29.6 Å². The third-order valence-electron chi connectivity index (χ3n) is 6.26.